The van der Waals surface area contributed by atoms with Gasteiger partial charge in [0, 0.05) is 11.6 Å². The first-order valence-corrected chi connectivity index (χ1v) is 3.52. The molecule has 0 unspecified atom stereocenters. The van der Waals surface area contributed by atoms with Gasteiger partial charge in [0.05, 0.1) is 5.52 Å². The lowest BCUT2D eigenvalue weighted by Crippen LogP contribution is -1.80. The van der Waals surface area contributed by atoms with Crippen molar-refractivity contribution in [2.75, 3.05) is 0 Å². The number of hydrogen-bond donors (Lipinski definition) is 0. The normalized spacial score (nSPS) is 10.3. The van der Waals surface area contributed by atoms with Crippen LogP contribution in [0, 0.1) is 6.92 Å². The van der Waals surface area contributed by atoms with E-state index in [1.54, 1.807) is 6.33 Å². The average molecular weight is 144 g/mol. The molecule has 2 nitrogen and oxygen atoms in total. The third-order valence-corrected chi connectivity index (χ3v) is 1.66. The zero-order chi connectivity index (χ0) is 7.68. The molecule has 0 atom stereocenters. The molecule has 2 aromatic rings. The molecule has 2 rings (SSSR count). The van der Waals surface area contributed by atoms with Crippen molar-refractivity contribution in [3.8, 4) is 0 Å². The van der Waals surface area contributed by atoms with Crippen LogP contribution in [-0.2, 0) is 0 Å². The molecule has 0 saturated heterocycles. The van der Waals surface area contributed by atoms with E-state index < -0.39 is 0 Å². The Labute approximate surface area is 64.9 Å². The quantitative estimate of drug-likeness (QED) is 0.564. The fraction of sp³-hybridized carbons (Fsp3) is 0.111. The van der Waals surface area contributed by atoms with Gasteiger partial charge in [0.25, 0.3) is 0 Å². The van der Waals surface area contributed by atoms with Gasteiger partial charge in [0.1, 0.15) is 6.33 Å². The molecule has 0 N–H and O–H groups in total. The second-order valence-electron chi connectivity index (χ2n) is 2.59. The third-order valence-electron chi connectivity index (χ3n) is 1.66. The maximum absolute atomic E-state index is 4.13. The van der Waals surface area contributed by atoms with Gasteiger partial charge in [0.15, 0.2) is 0 Å². The van der Waals surface area contributed by atoms with Gasteiger partial charge >= 0.3 is 0 Å². The van der Waals surface area contributed by atoms with Crippen LogP contribution in [0.2, 0.25) is 0 Å². The van der Waals surface area contributed by atoms with E-state index in [1.165, 1.54) is 5.56 Å². The third kappa shape index (κ3) is 1.07. The number of rotatable bonds is 0. The van der Waals surface area contributed by atoms with Crippen molar-refractivity contribution in [2.24, 2.45) is 0 Å². The topological polar surface area (TPSA) is 25.8 Å². The highest BCUT2D eigenvalue weighted by Crippen LogP contribution is 2.10. The summed E-state index contributed by atoms with van der Waals surface area (Å²) in [7, 11) is 0. The number of nitrogens with zero attached hydrogens (tertiary/aromatic N) is 2. The minimum atomic E-state index is 1.01. The minimum Gasteiger partial charge on any atom is -0.244 e. The molecule has 1 heterocycles. The van der Waals surface area contributed by atoms with Crippen molar-refractivity contribution < 1.29 is 0 Å². The summed E-state index contributed by atoms with van der Waals surface area (Å²) < 4.78 is 0. The fourth-order valence-corrected chi connectivity index (χ4v) is 1.08. The first kappa shape index (κ1) is 6.28. The predicted octanol–water partition coefficient (Wildman–Crippen LogP) is 1.94. The van der Waals surface area contributed by atoms with Crippen LogP contribution < -0.4 is 0 Å². The second kappa shape index (κ2) is 2.31. The van der Waals surface area contributed by atoms with Gasteiger partial charge in [-0.25, -0.2) is 9.97 Å². The van der Waals surface area contributed by atoms with Gasteiger partial charge in [-0.1, -0.05) is 12.1 Å². The van der Waals surface area contributed by atoms with Crippen LogP contribution in [0.5, 0.6) is 0 Å². The Morgan fingerprint density at radius 3 is 3.09 bits per heavy atom. The van der Waals surface area contributed by atoms with E-state index in [0.717, 1.165) is 10.9 Å². The summed E-state index contributed by atoms with van der Waals surface area (Å²) in [6.45, 7) is 2.06. The lowest BCUT2D eigenvalue weighted by molar-refractivity contribution is 1.22. The highest BCUT2D eigenvalue weighted by molar-refractivity contribution is 5.77. The lowest BCUT2D eigenvalue weighted by Gasteiger charge is -1.95. The van der Waals surface area contributed by atoms with Crippen molar-refractivity contribution in [1.82, 2.24) is 9.97 Å². The van der Waals surface area contributed by atoms with Crippen LogP contribution in [0.4, 0.5) is 0 Å². The Balaban J connectivity index is 2.83. The minimum absolute atomic E-state index is 1.01. The van der Waals surface area contributed by atoms with Gasteiger partial charge in [-0.15, -0.1) is 0 Å². The maximum Gasteiger partial charge on any atom is 0.116 e. The fourth-order valence-electron chi connectivity index (χ4n) is 1.08. The summed E-state index contributed by atoms with van der Waals surface area (Å²) in [6, 6.07) is 6.15. The molecule has 0 spiro atoms. The van der Waals surface area contributed by atoms with E-state index in [2.05, 4.69) is 29.0 Å². The largest absolute Gasteiger partial charge is 0.244 e. The summed E-state index contributed by atoms with van der Waals surface area (Å²) in [5.41, 5.74) is 2.25. The molecule has 1 aromatic carbocycles. The molecular weight excluding hydrogens is 136 g/mol. The van der Waals surface area contributed by atoms with Crippen LogP contribution in [0.25, 0.3) is 10.9 Å². The molecule has 0 bridgehead atoms. The molecule has 2 heteroatoms. The monoisotopic (exact) mass is 144 g/mol. The number of aromatic nitrogens is 2. The summed E-state index contributed by atoms with van der Waals surface area (Å²) in [4.78, 5) is 8.06. The molecule has 0 saturated carbocycles. The van der Waals surface area contributed by atoms with Gasteiger partial charge in [0.2, 0.25) is 0 Å². The van der Waals surface area contributed by atoms with Crippen molar-refractivity contribution >= 4 is 10.9 Å². The Morgan fingerprint density at radius 1 is 1.27 bits per heavy atom. The Kier molecular flexibility index (Phi) is 1.32. The molecule has 1 aromatic heterocycles. The Bertz CT molecular complexity index is 382. The van der Waals surface area contributed by atoms with E-state index in [9.17, 15) is 0 Å². The predicted molar refractivity (Wildman–Crippen MR) is 44.3 cm³/mol. The van der Waals surface area contributed by atoms with E-state index >= 15 is 0 Å². The molecule has 0 radical (unpaired) electrons. The van der Waals surface area contributed by atoms with Gasteiger partial charge in [-0.05, 0) is 18.6 Å². The second-order valence-corrected chi connectivity index (χ2v) is 2.59. The number of aryl methyl sites for hydroxylation is 1. The summed E-state index contributed by atoms with van der Waals surface area (Å²) in [5.74, 6) is 0. The zero-order valence-electron chi connectivity index (χ0n) is 6.28. The maximum atomic E-state index is 4.13. The van der Waals surface area contributed by atoms with Crippen LogP contribution >= 0.6 is 0 Å². The van der Waals surface area contributed by atoms with E-state index in [4.69, 9.17) is 0 Å². The van der Waals surface area contributed by atoms with Gasteiger partial charge in [-0.3, -0.25) is 0 Å². The zero-order valence-corrected chi connectivity index (χ0v) is 6.28. The van der Waals surface area contributed by atoms with Crippen molar-refractivity contribution in [3.05, 3.63) is 36.3 Å². The Morgan fingerprint density at radius 2 is 2.18 bits per heavy atom. The lowest BCUT2D eigenvalue weighted by atomic mass is 10.2. The SMILES string of the molecule is Cc1ccc2cncnc2c1. The smallest absolute Gasteiger partial charge is 0.116 e. The van der Waals surface area contributed by atoms with Crippen molar-refractivity contribution in [2.45, 2.75) is 6.92 Å². The number of hydrogen-bond acceptors (Lipinski definition) is 2. The van der Waals surface area contributed by atoms with Crippen LogP contribution in [0.15, 0.2) is 30.7 Å². The molecule has 0 aliphatic carbocycles. The molecular formula is C9H8N2. The van der Waals surface area contributed by atoms with Crippen LogP contribution in [-0.4, -0.2) is 9.97 Å². The summed E-state index contributed by atoms with van der Waals surface area (Å²) in [5, 5.41) is 1.10. The average Bonchev–Trinajstić information content (AvgIpc) is 2.04. The number of fused-ring (bicyclic) bond motifs is 1. The molecule has 0 amide bonds. The molecule has 11 heavy (non-hydrogen) atoms. The van der Waals surface area contributed by atoms with E-state index in [0.29, 0.717) is 0 Å². The molecule has 0 fully saturated rings. The van der Waals surface area contributed by atoms with Gasteiger partial charge in [-0.2, -0.15) is 0 Å². The highest BCUT2D eigenvalue weighted by Gasteiger charge is 1.91. The molecule has 0 aliphatic rings. The van der Waals surface area contributed by atoms with Crippen molar-refractivity contribution in [1.29, 1.82) is 0 Å². The first-order chi connectivity index (χ1) is 5.36. The highest BCUT2D eigenvalue weighted by atomic mass is 14.8. The standard InChI is InChI=1S/C9H8N2/c1-7-2-3-8-5-10-6-11-9(8)4-7/h2-6H,1H3. The summed E-state index contributed by atoms with van der Waals surface area (Å²) in [6.07, 6.45) is 3.39. The van der Waals surface area contributed by atoms with Crippen LogP contribution in [0.3, 0.4) is 0 Å². The Hall–Kier alpha value is -1.44. The van der Waals surface area contributed by atoms with Gasteiger partial charge < -0.3 is 0 Å². The number of benzene rings is 1. The van der Waals surface area contributed by atoms with E-state index in [1.807, 2.05) is 12.3 Å². The van der Waals surface area contributed by atoms with Crippen LogP contribution in [0.1, 0.15) is 5.56 Å². The molecule has 54 valence electrons. The van der Waals surface area contributed by atoms with Crippen molar-refractivity contribution in [3.63, 3.8) is 0 Å². The van der Waals surface area contributed by atoms with E-state index in [-0.39, 0.29) is 0 Å². The summed E-state index contributed by atoms with van der Waals surface area (Å²) >= 11 is 0. The molecule has 0 aliphatic heterocycles. The first-order valence-electron chi connectivity index (χ1n) is 3.52.